The van der Waals surface area contributed by atoms with Gasteiger partial charge in [-0.2, -0.15) is 0 Å². The number of piperidine rings is 1. The number of terminal acetylenes is 1. The molecule has 3 rings (SSSR count). The Morgan fingerprint density at radius 1 is 1.03 bits per heavy atom. The zero-order chi connectivity index (χ0) is 26.1. The highest BCUT2D eigenvalue weighted by atomic mass is 31.2. The van der Waals surface area contributed by atoms with Gasteiger partial charge in [0.1, 0.15) is 6.04 Å². The predicted molar refractivity (Wildman–Crippen MR) is 138 cm³/mol. The van der Waals surface area contributed by atoms with Gasteiger partial charge in [-0.15, -0.1) is 6.42 Å². The zero-order valence-electron chi connectivity index (χ0n) is 20.2. The summed E-state index contributed by atoms with van der Waals surface area (Å²) in [5.41, 5.74) is 2.28. The summed E-state index contributed by atoms with van der Waals surface area (Å²) in [6.07, 6.45) is 7.28. The molecule has 0 aliphatic carbocycles. The first-order valence-corrected chi connectivity index (χ1v) is 13.1. The number of benzene rings is 2. The number of urea groups is 1. The maximum absolute atomic E-state index is 13.1. The summed E-state index contributed by atoms with van der Waals surface area (Å²) in [4.78, 5) is 39.5. The maximum atomic E-state index is 13.1. The van der Waals surface area contributed by atoms with Crippen LogP contribution in [0.5, 0.6) is 0 Å². The van der Waals surface area contributed by atoms with E-state index in [1.165, 1.54) is 14.2 Å². The van der Waals surface area contributed by atoms with E-state index < -0.39 is 31.7 Å². The molecule has 0 spiro atoms. The van der Waals surface area contributed by atoms with Crippen LogP contribution in [0.25, 0.3) is 0 Å². The Kier molecular flexibility index (Phi) is 9.25. The van der Waals surface area contributed by atoms with E-state index >= 15 is 0 Å². The van der Waals surface area contributed by atoms with Crippen LogP contribution in [-0.2, 0) is 23.2 Å². The van der Waals surface area contributed by atoms with Crippen molar-refractivity contribution in [2.75, 3.05) is 42.5 Å². The Bertz CT molecular complexity index is 1170. The normalized spacial score (nSPS) is 14.5. The van der Waals surface area contributed by atoms with Crippen LogP contribution in [0, 0.1) is 12.3 Å². The van der Waals surface area contributed by atoms with Gasteiger partial charge in [-0.1, -0.05) is 5.92 Å². The maximum Gasteiger partial charge on any atom is 0.332 e. The molecule has 1 saturated heterocycles. The van der Waals surface area contributed by atoms with Gasteiger partial charge in [-0.3, -0.25) is 14.2 Å². The quantitative estimate of drug-likeness (QED) is 0.347. The second-order valence-corrected chi connectivity index (χ2v) is 10.4. The highest BCUT2D eigenvalue weighted by Crippen LogP contribution is 2.46. The molecule has 4 amide bonds. The summed E-state index contributed by atoms with van der Waals surface area (Å²) in [7, 11) is -1.25. The van der Waals surface area contributed by atoms with Gasteiger partial charge in [0.05, 0.1) is 6.16 Å². The molecule has 11 heteroatoms. The number of hydrogen-bond donors (Lipinski definition) is 3. The average molecular weight is 513 g/mol. The molecule has 2 aromatic rings. The second kappa shape index (κ2) is 12.4. The summed E-state index contributed by atoms with van der Waals surface area (Å²) in [5, 5.41) is 7.82. The van der Waals surface area contributed by atoms with Gasteiger partial charge in [0, 0.05) is 49.8 Å². The molecule has 1 atom stereocenters. The fourth-order valence-corrected chi connectivity index (χ4v) is 4.80. The molecule has 1 heterocycles. The third-order valence-corrected chi connectivity index (χ3v) is 7.59. The number of hydrogen-bond acceptors (Lipinski definition) is 6. The minimum atomic E-state index is -3.65. The predicted octanol–water partition coefficient (Wildman–Crippen LogP) is 3.80. The molecular formula is C25H29N4O6P. The van der Waals surface area contributed by atoms with Crippen molar-refractivity contribution in [2.45, 2.75) is 25.3 Å². The smallest absolute Gasteiger partial charge is 0.325 e. The van der Waals surface area contributed by atoms with Crippen LogP contribution in [0.4, 0.5) is 21.9 Å². The first-order valence-electron chi connectivity index (χ1n) is 11.3. The number of carbonyl (C=O) groups excluding carboxylic acids is 3. The van der Waals surface area contributed by atoms with Gasteiger partial charge in [-0.25, -0.2) is 4.79 Å². The van der Waals surface area contributed by atoms with Crippen molar-refractivity contribution in [2.24, 2.45) is 0 Å². The molecule has 10 nitrogen and oxygen atoms in total. The Morgan fingerprint density at radius 3 is 2.22 bits per heavy atom. The van der Waals surface area contributed by atoms with Crippen LogP contribution in [0.3, 0.4) is 0 Å². The highest BCUT2D eigenvalue weighted by Gasteiger charge is 2.32. The summed E-state index contributed by atoms with van der Waals surface area (Å²) in [6.45, 7) is 0.653. The van der Waals surface area contributed by atoms with Gasteiger partial charge in [0.25, 0.3) is 0 Å². The number of amides is 4. The van der Waals surface area contributed by atoms with Gasteiger partial charge in [0.2, 0.25) is 11.8 Å². The topological polar surface area (TPSA) is 126 Å². The largest absolute Gasteiger partial charge is 0.332 e. The van der Waals surface area contributed by atoms with Crippen molar-refractivity contribution >= 4 is 42.5 Å². The number of nitrogens with one attached hydrogen (secondary N) is 3. The van der Waals surface area contributed by atoms with Crippen molar-refractivity contribution in [3.8, 4) is 12.3 Å². The summed E-state index contributed by atoms with van der Waals surface area (Å²) in [5.74, 6) is 1.93. The molecule has 36 heavy (non-hydrogen) atoms. The van der Waals surface area contributed by atoms with Crippen molar-refractivity contribution < 1.29 is 28.0 Å². The number of anilines is 3. The standard InChI is InChI=1S/C25H29N4O6P/c1-4-18-8-10-20(11-9-18)27-25(32)28-22(17-36(33,34-2)35-3)24(31)26-19-12-14-21(15-13-19)29-16-6-5-7-23(29)30/h1,8-15,22H,5-7,16-17H2,2-3H3,(H,26,31)(H2,27,28,32). The van der Waals surface area contributed by atoms with Crippen LogP contribution in [0.1, 0.15) is 24.8 Å². The molecule has 3 N–H and O–H groups in total. The Labute approximate surface area is 210 Å². The third kappa shape index (κ3) is 7.18. The Hall–Kier alpha value is -3.64. The minimum absolute atomic E-state index is 0.0668. The molecule has 0 bridgehead atoms. The van der Waals surface area contributed by atoms with Crippen LogP contribution in [0.15, 0.2) is 48.5 Å². The van der Waals surface area contributed by atoms with Gasteiger partial charge < -0.3 is 29.9 Å². The molecule has 190 valence electrons. The molecule has 1 fully saturated rings. The fraction of sp³-hybridized carbons (Fsp3) is 0.320. The van der Waals surface area contributed by atoms with Gasteiger partial charge in [0.15, 0.2) is 0 Å². The second-order valence-electron chi connectivity index (χ2n) is 8.07. The fourth-order valence-electron chi connectivity index (χ4n) is 3.65. The van der Waals surface area contributed by atoms with E-state index in [2.05, 4.69) is 21.9 Å². The Morgan fingerprint density at radius 2 is 1.64 bits per heavy atom. The van der Waals surface area contributed by atoms with Gasteiger partial charge >= 0.3 is 13.6 Å². The minimum Gasteiger partial charge on any atom is -0.325 e. The first kappa shape index (κ1) is 27.0. The number of carbonyl (C=O) groups is 3. The number of nitrogens with zero attached hydrogens (tertiary/aromatic N) is 1. The van der Waals surface area contributed by atoms with Crippen molar-refractivity contribution in [1.29, 1.82) is 0 Å². The molecule has 2 aromatic carbocycles. The third-order valence-electron chi connectivity index (χ3n) is 5.66. The molecular weight excluding hydrogens is 483 g/mol. The van der Waals surface area contributed by atoms with Crippen molar-refractivity contribution in [1.82, 2.24) is 5.32 Å². The molecule has 1 aliphatic rings. The molecule has 0 aromatic heterocycles. The van der Waals surface area contributed by atoms with Crippen molar-refractivity contribution in [3.05, 3.63) is 54.1 Å². The average Bonchev–Trinajstić information content (AvgIpc) is 2.89. The van der Waals surface area contributed by atoms with Crippen LogP contribution in [-0.4, -0.2) is 50.8 Å². The SMILES string of the molecule is C#Cc1ccc(NC(=O)NC(CP(=O)(OC)OC)C(=O)Nc2ccc(N3CCCCC3=O)cc2)cc1. The van der Waals surface area contributed by atoms with Gasteiger partial charge in [-0.05, 0) is 61.4 Å². The first-order chi connectivity index (χ1) is 17.3. The van der Waals surface area contributed by atoms with Crippen LogP contribution in [0.2, 0.25) is 0 Å². The molecule has 1 unspecified atom stereocenters. The highest BCUT2D eigenvalue weighted by molar-refractivity contribution is 7.53. The van der Waals surface area contributed by atoms with E-state index in [-0.39, 0.29) is 5.91 Å². The summed E-state index contributed by atoms with van der Waals surface area (Å²) >= 11 is 0. The van der Waals surface area contributed by atoms with E-state index in [1.807, 2.05) is 0 Å². The lowest BCUT2D eigenvalue weighted by Crippen LogP contribution is -2.47. The van der Waals surface area contributed by atoms with E-state index in [1.54, 1.807) is 53.4 Å². The van der Waals surface area contributed by atoms with E-state index in [0.29, 0.717) is 29.9 Å². The Balaban J connectivity index is 1.70. The van der Waals surface area contributed by atoms with E-state index in [4.69, 9.17) is 15.5 Å². The lowest BCUT2D eigenvalue weighted by atomic mass is 10.1. The van der Waals surface area contributed by atoms with E-state index in [0.717, 1.165) is 18.5 Å². The lowest BCUT2D eigenvalue weighted by Gasteiger charge is -2.27. The zero-order valence-corrected chi connectivity index (χ0v) is 21.0. The van der Waals surface area contributed by atoms with Crippen LogP contribution < -0.4 is 20.9 Å². The van der Waals surface area contributed by atoms with Crippen LogP contribution >= 0.6 is 7.60 Å². The van der Waals surface area contributed by atoms with Crippen molar-refractivity contribution in [3.63, 3.8) is 0 Å². The lowest BCUT2D eigenvalue weighted by molar-refractivity contribution is -0.119. The monoisotopic (exact) mass is 512 g/mol. The molecule has 1 aliphatic heterocycles. The number of rotatable bonds is 9. The summed E-state index contributed by atoms with van der Waals surface area (Å²) < 4.78 is 22.6. The summed E-state index contributed by atoms with van der Waals surface area (Å²) in [6, 6.07) is 11.4. The molecule has 0 radical (unpaired) electrons. The molecule has 0 saturated carbocycles. The van der Waals surface area contributed by atoms with E-state index in [9.17, 15) is 18.9 Å².